The van der Waals surface area contributed by atoms with Gasteiger partial charge in [-0.1, -0.05) is 5.22 Å². The van der Waals surface area contributed by atoms with Crippen molar-refractivity contribution in [2.75, 3.05) is 6.54 Å². The van der Waals surface area contributed by atoms with Gasteiger partial charge in [-0.3, -0.25) is 9.59 Å². The zero-order chi connectivity index (χ0) is 11.5. The van der Waals surface area contributed by atoms with Crippen molar-refractivity contribution in [3.05, 3.63) is 23.5 Å². The quantitative estimate of drug-likeness (QED) is 0.695. The van der Waals surface area contributed by atoms with Crippen LogP contribution in [0.3, 0.4) is 0 Å². The van der Waals surface area contributed by atoms with Gasteiger partial charge >= 0.3 is 0 Å². The SMILES string of the molecule is O=Cc1ccc(CO)n1C1CN=NNC1=O. The summed E-state index contributed by atoms with van der Waals surface area (Å²) in [4.78, 5) is 22.4. The third kappa shape index (κ3) is 1.61. The molecule has 1 amide bonds. The van der Waals surface area contributed by atoms with Crippen molar-refractivity contribution in [2.45, 2.75) is 12.6 Å². The summed E-state index contributed by atoms with van der Waals surface area (Å²) >= 11 is 0. The molecule has 0 saturated carbocycles. The molecular formula is C9H10N4O3. The van der Waals surface area contributed by atoms with Crippen LogP contribution in [0.4, 0.5) is 0 Å². The second-order valence-corrected chi connectivity index (χ2v) is 3.31. The lowest BCUT2D eigenvalue weighted by Crippen LogP contribution is -2.35. The third-order valence-corrected chi connectivity index (χ3v) is 2.42. The summed E-state index contributed by atoms with van der Waals surface area (Å²) in [6, 6.07) is 2.52. The van der Waals surface area contributed by atoms with E-state index in [0.29, 0.717) is 17.7 Å². The summed E-state index contributed by atoms with van der Waals surface area (Å²) in [5, 5.41) is 16.2. The number of aliphatic hydroxyl groups is 1. The Morgan fingerprint density at radius 2 is 2.44 bits per heavy atom. The molecule has 0 spiro atoms. The van der Waals surface area contributed by atoms with Crippen molar-refractivity contribution >= 4 is 12.2 Å². The maximum atomic E-state index is 11.5. The molecule has 1 unspecified atom stereocenters. The third-order valence-electron chi connectivity index (χ3n) is 2.42. The normalized spacial score (nSPS) is 19.6. The minimum atomic E-state index is -0.630. The highest BCUT2D eigenvalue weighted by molar-refractivity contribution is 5.82. The van der Waals surface area contributed by atoms with E-state index in [0.717, 1.165) is 0 Å². The first kappa shape index (κ1) is 10.5. The number of carbonyl (C=O) groups excluding carboxylic acids is 2. The van der Waals surface area contributed by atoms with E-state index in [9.17, 15) is 9.59 Å². The first-order valence-electron chi connectivity index (χ1n) is 4.70. The van der Waals surface area contributed by atoms with Crippen molar-refractivity contribution in [2.24, 2.45) is 10.3 Å². The predicted molar refractivity (Wildman–Crippen MR) is 52.6 cm³/mol. The van der Waals surface area contributed by atoms with Crippen molar-refractivity contribution in [1.29, 1.82) is 0 Å². The molecule has 1 aliphatic heterocycles. The van der Waals surface area contributed by atoms with Crippen LogP contribution in [0.25, 0.3) is 0 Å². The van der Waals surface area contributed by atoms with Crippen molar-refractivity contribution in [3.63, 3.8) is 0 Å². The first-order chi connectivity index (χ1) is 7.77. The Hall–Kier alpha value is -2.02. The van der Waals surface area contributed by atoms with E-state index >= 15 is 0 Å². The molecule has 2 N–H and O–H groups in total. The van der Waals surface area contributed by atoms with Crippen LogP contribution < -0.4 is 5.43 Å². The van der Waals surface area contributed by atoms with Crippen LogP contribution in [-0.2, 0) is 11.4 Å². The number of aliphatic hydroxyl groups excluding tert-OH is 1. The number of aldehydes is 1. The van der Waals surface area contributed by atoms with E-state index in [2.05, 4.69) is 15.8 Å². The average molecular weight is 222 g/mol. The van der Waals surface area contributed by atoms with Gasteiger partial charge in [0.2, 0.25) is 0 Å². The highest BCUT2D eigenvalue weighted by Gasteiger charge is 2.26. The monoisotopic (exact) mass is 222 g/mol. The number of aromatic nitrogens is 1. The van der Waals surface area contributed by atoms with Crippen LogP contribution in [0.1, 0.15) is 22.2 Å². The molecule has 0 bridgehead atoms. The van der Waals surface area contributed by atoms with Gasteiger partial charge in [-0.25, -0.2) is 5.43 Å². The van der Waals surface area contributed by atoms with Gasteiger partial charge in [-0.2, -0.15) is 5.11 Å². The molecule has 1 aromatic heterocycles. The molecule has 7 heteroatoms. The van der Waals surface area contributed by atoms with Gasteiger partial charge in [0.25, 0.3) is 5.91 Å². The Balaban J connectivity index is 2.44. The Kier molecular flexibility index (Phi) is 2.78. The maximum absolute atomic E-state index is 11.5. The largest absolute Gasteiger partial charge is 0.390 e. The van der Waals surface area contributed by atoms with Gasteiger partial charge in [0.15, 0.2) is 6.29 Å². The van der Waals surface area contributed by atoms with Crippen LogP contribution in [0, 0.1) is 0 Å². The number of amides is 1. The minimum Gasteiger partial charge on any atom is -0.390 e. The van der Waals surface area contributed by atoms with Gasteiger partial charge in [0, 0.05) is 5.69 Å². The summed E-state index contributed by atoms with van der Waals surface area (Å²) < 4.78 is 1.47. The van der Waals surface area contributed by atoms with Gasteiger partial charge in [0.1, 0.15) is 6.04 Å². The number of nitrogens with one attached hydrogen (secondary N) is 1. The Morgan fingerprint density at radius 1 is 1.62 bits per heavy atom. The Morgan fingerprint density at radius 3 is 3.06 bits per heavy atom. The number of carbonyl (C=O) groups is 2. The second-order valence-electron chi connectivity index (χ2n) is 3.31. The van der Waals surface area contributed by atoms with Crippen molar-refractivity contribution in [3.8, 4) is 0 Å². The highest BCUT2D eigenvalue weighted by Crippen LogP contribution is 2.18. The smallest absolute Gasteiger partial charge is 0.266 e. The van der Waals surface area contributed by atoms with Crippen LogP contribution in [0.5, 0.6) is 0 Å². The molecule has 1 atom stereocenters. The van der Waals surface area contributed by atoms with Gasteiger partial charge in [-0.15, -0.1) is 0 Å². The lowest BCUT2D eigenvalue weighted by molar-refractivity contribution is -0.125. The van der Waals surface area contributed by atoms with E-state index in [1.807, 2.05) is 0 Å². The van der Waals surface area contributed by atoms with Crippen LogP contribution >= 0.6 is 0 Å². The average Bonchev–Trinajstić information content (AvgIpc) is 2.72. The molecule has 0 saturated heterocycles. The molecule has 2 rings (SSSR count). The minimum absolute atomic E-state index is 0.161. The van der Waals surface area contributed by atoms with Crippen molar-refractivity contribution < 1.29 is 14.7 Å². The zero-order valence-electron chi connectivity index (χ0n) is 8.33. The highest BCUT2D eigenvalue weighted by atomic mass is 16.3. The van der Waals surface area contributed by atoms with E-state index in [1.54, 1.807) is 12.1 Å². The van der Waals surface area contributed by atoms with E-state index in [1.165, 1.54) is 4.57 Å². The lowest BCUT2D eigenvalue weighted by Gasteiger charge is -2.20. The van der Waals surface area contributed by atoms with Crippen molar-refractivity contribution in [1.82, 2.24) is 9.99 Å². The Bertz CT molecular complexity index is 452. The van der Waals surface area contributed by atoms with E-state index < -0.39 is 6.04 Å². The van der Waals surface area contributed by atoms with Gasteiger partial charge < -0.3 is 9.67 Å². The second kappa shape index (κ2) is 4.23. The molecule has 0 fully saturated rings. The molecule has 2 heterocycles. The van der Waals surface area contributed by atoms with Crippen LogP contribution in [0.2, 0.25) is 0 Å². The van der Waals surface area contributed by atoms with Crippen LogP contribution in [-0.4, -0.2) is 28.4 Å². The molecule has 7 nitrogen and oxygen atoms in total. The number of hydrogen-bond acceptors (Lipinski definition) is 5. The van der Waals surface area contributed by atoms with E-state index in [-0.39, 0.29) is 19.1 Å². The molecule has 0 radical (unpaired) electrons. The summed E-state index contributed by atoms with van der Waals surface area (Å²) in [6.45, 7) is -0.0802. The fourth-order valence-electron chi connectivity index (χ4n) is 1.67. The predicted octanol–water partition coefficient (Wildman–Crippen LogP) is -0.169. The molecule has 1 aromatic rings. The molecule has 84 valence electrons. The van der Waals surface area contributed by atoms with Gasteiger partial charge in [0.05, 0.1) is 18.8 Å². The number of hydrogen-bond donors (Lipinski definition) is 2. The lowest BCUT2D eigenvalue weighted by atomic mass is 10.2. The topological polar surface area (TPSA) is 96.0 Å². The van der Waals surface area contributed by atoms with E-state index in [4.69, 9.17) is 5.11 Å². The Labute approximate surface area is 90.8 Å². The standard InChI is InChI=1S/C9H10N4O3/c14-4-6-1-2-7(5-15)13(6)8-3-10-12-11-9(8)16/h1-2,4,8,15H,3,5H2,(H,10,11,16). The fourth-order valence-corrected chi connectivity index (χ4v) is 1.67. The van der Waals surface area contributed by atoms with Crippen LogP contribution in [0.15, 0.2) is 22.5 Å². The maximum Gasteiger partial charge on any atom is 0.266 e. The molecule has 0 aromatic carbocycles. The zero-order valence-corrected chi connectivity index (χ0v) is 8.33. The summed E-state index contributed by atoms with van der Waals surface area (Å²) in [7, 11) is 0. The summed E-state index contributed by atoms with van der Waals surface area (Å²) in [6.07, 6.45) is 0.637. The summed E-state index contributed by atoms with van der Waals surface area (Å²) in [5.74, 6) is -0.344. The molecule has 0 aliphatic carbocycles. The fraction of sp³-hybridized carbons (Fsp3) is 0.333. The molecular weight excluding hydrogens is 212 g/mol. The number of nitrogens with zero attached hydrogens (tertiary/aromatic N) is 3. The molecule has 1 aliphatic rings. The summed E-state index contributed by atoms with van der Waals surface area (Å²) in [5.41, 5.74) is 3.06. The van der Waals surface area contributed by atoms with Gasteiger partial charge in [-0.05, 0) is 12.1 Å². The first-order valence-corrected chi connectivity index (χ1v) is 4.70. The molecule has 16 heavy (non-hydrogen) atoms. The number of rotatable bonds is 3.